The normalized spacial score (nSPS) is 15.6. The van der Waals surface area contributed by atoms with Crippen LogP contribution in [0.5, 0.6) is 0 Å². The first-order valence-electron chi connectivity index (χ1n) is 8.76. The topological polar surface area (TPSA) is 53.5 Å². The summed E-state index contributed by atoms with van der Waals surface area (Å²) in [5.41, 5.74) is 1.33. The van der Waals surface area contributed by atoms with Crippen molar-refractivity contribution in [1.29, 1.82) is 0 Å². The average Bonchev–Trinajstić information content (AvgIpc) is 3.21. The molecule has 0 bridgehead atoms. The molecule has 1 fully saturated rings. The van der Waals surface area contributed by atoms with E-state index in [-0.39, 0.29) is 9.92 Å². The minimum atomic E-state index is -3.52. The summed E-state index contributed by atoms with van der Waals surface area (Å²) in [5, 5.41) is 2.73. The second-order valence-corrected chi connectivity index (χ2v) is 10.6. The summed E-state index contributed by atoms with van der Waals surface area (Å²) in [6.07, 6.45) is 0. The molecule has 0 atom stereocenters. The zero-order valence-corrected chi connectivity index (χ0v) is 19.0. The Hall–Kier alpha value is -1.52. The summed E-state index contributed by atoms with van der Waals surface area (Å²) in [4.78, 5) is 6.93. The van der Waals surface area contributed by atoms with Gasteiger partial charge in [-0.15, -0.1) is 11.3 Å². The molecule has 152 valence electrons. The Bertz CT molecular complexity index is 1130. The van der Waals surface area contributed by atoms with Gasteiger partial charge in [-0.1, -0.05) is 33.6 Å². The molecule has 0 unspecified atom stereocenters. The number of hydrogen-bond acceptors (Lipinski definition) is 5. The number of nitrogens with zero attached hydrogens (tertiary/aromatic N) is 3. The van der Waals surface area contributed by atoms with Crippen LogP contribution in [0.3, 0.4) is 0 Å². The van der Waals surface area contributed by atoms with Gasteiger partial charge >= 0.3 is 0 Å². The third-order valence-corrected chi connectivity index (χ3v) is 8.32. The van der Waals surface area contributed by atoms with Gasteiger partial charge in [0, 0.05) is 41.6 Å². The van der Waals surface area contributed by atoms with E-state index in [4.69, 9.17) is 11.6 Å². The second-order valence-electron chi connectivity index (χ2n) is 6.49. The van der Waals surface area contributed by atoms with Crippen LogP contribution in [-0.4, -0.2) is 43.9 Å². The summed E-state index contributed by atoms with van der Waals surface area (Å²) in [6.45, 7) is 1.83. The van der Waals surface area contributed by atoms with E-state index in [0.717, 1.165) is 9.60 Å². The quantitative estimate of drug-likeness (QED) is 0.496. The number of anilines is 1. The fourth-order valence-corrected chi connectivity index (χ4v) is 5.77. The molecule has 1 saturated heterocycles. The van der Waals surface area contributed by atoms with Crippen LogP contribution in [0, 0.1) is 5.82 Å². The Morgan fingerprint density at radius 3 is 2.41 bits per heavy atom. The Morgan fingerprint density at radius 1 is 1.07 bits per heavy atom. The summed E-state index contributed by atoms with van der Waals surface area (Å²) < 4.78 is 41.7. The number of rotatable bonds is 4. The lowest BCUT2D eigenvalue weighted by Crippen LogP contribution is -2.48. The monoisotopic (exact) mass is 515 g/mol. The van der Waals surface area contributed by atoms with Crippen LogP contribution in [0.25, 0.3) is 11.3 Å². The maximum absolute atomic E-state index is 13.7. The summed E-state index contributed by atoms with van der Waals surface area (Å²) in [6, 6.07) is 11.3. The standard InChI is InChI=1S/C19H16BrClFN3O2S2/c20-14-2-4-15(5-3-14)29(26,27)25-9-7-24(8-10-25)19-23-18(12-28-19)13-1-6-16(21)17(22)11-13/h1-6,11-12H,7-10H2. The first kappa shape index (κ1) is 20.7. The molecular formula is C19H16BrClFN3O2S2. The van der Waals surface area contributed by atoms with Gasteiger partial charge in [-0.25, -0.2) is 17.8 Å². The van der Waals surface area contributed by atoms with E-state index in [2.05, 4.69) is 20.9 Å². The van der Waals surface area contributed by atoms with E-state index in [1.807, 2.05) is 10.3 Å². The first-order valence-corrected chi connectivity index (χ1v) is 12.3. The molecule has 0 saturated carbocycles. The number of halogens is 3. The number of sulfonamides is 1. The molecule has 1 aliphatic heterocycles. The van der Waals surface area contributed by atoms with E-state index in [1.54, 1.807) is 30.3 Å². The minimum Gasteiger partial charge on any atom is -0.345 e. The van der Waals surface area contributed by atoms with Gasteiger partial charge in [0.2, 0.25) is 10.0 Å². The highest BCUT2D eigenvalue weighted by Gasteiger charge is 2.29. The van der Waals surface area contributed by atoms with Crippen LogP contribution < -0.4 is 4.90 Å². The molecule has 0 aliphatic carbocycles. The van der Waals surface area contributed by atoms with E-state index >= 15 is 0 Å². The minimum absolute atomic E-state index is 0.0762. The Balaban J connectivity index is 1.45. The molecule has 1 aliphatic rings. The van der Waals surface area contributed by atoms with Crippen molar-refractivity contribution in [2.45, 2.75) is 4.90 Å². The zero-order valence-electron chi connectivity index (χ0n) is 15.1. The number of aromatic nitrogens is 1. The average molecular weight is 517 g/mol. The van der Waals surface area contributed by atoms with Crippen molar-refractivity contribution in [3.8, 4) is 11.3 Å². The molecule has 29 heavy (non-hydrogen) atoms. The molecule has 0 spiro atoms. The zero-order chi connectivity index (χ0) is 20.6. The highest BCUT2D eigenvalue weighted by atomic mass is 79.9. The first-order chi connectivity index (χ1) is 13.8. The van der Waals surface area contributed by atoms with Crippen LogP contribution in [0.15, 0.2) is 57.2 Å². The Labute approximate surface area is 185 Å². The van der Waals surface area contributed by atoms with E-state index in [9.17, 15) is 12.8 Å². The molecule has 5 nitrogen and oxygen atoms in total. The second kappa shape index (κ2) is 8.31. The fourth-order valence-electron chi connectivity index (χ4n) is 3.07. The SMILES string of the molecule is O=S(=O)(c1ccc(Br)cc1)N1CCN(c2nc(-c3ccc(Cl)c(F)c3)cs2)CC1. The molecule has 2 aromatic carbocycles. The predicted molar refractivity (Wildman–Crippen MR) is 118 cm³/mol. The Kier molecular flexibility index (Phi) is 5.94. The van der Waals surface area contributed by atoms with Gasteiger partial charge in [0.25, 0.3) is 0 Å². The number of thiazole rings is 1. The van der Waals surface area contributed by atoms with Crippen LogP contribution in [-0.2, 0) is 10.0 Å². The maximum Gasteiger partial charge on any atom is 0.243 e. The summed E-state index contributed by atoms with van der Waals surface area (Å²) in [5.74, 6) is -0.481. The largest absolute Gasteiger partial charge is 0.345 e. The highest BCUT2D eigenvalue weighted by Crippen LogP contribution is 2.30. The van der Waals surface area contributed by atoms with Crippen molar-refractivity contribution >= 4 is 54.0 Å². The van der Waals surface area contributed by atoms with Gasteiger partial charge in [-0.2, -0.15) is 4.31 Å². The third-order valence-electron chi connectivity index (χ3n) is 4.67. The molecule has 0 radical (unpaired) electrons. The highest BCUT2D eigenvalue weighted by molar-refractivity contribution is 9.10. The van der Waals surface area contributed by atoms with Crippen LogP contribution in [0.4, 0.5) is 9.52 Å². The van der Waals surface area contributed by atoms with Crippen molar-refractivity contribution in [2.75, 3.05) is 31.1 Å². The summed E-state index contributed by atoms with van der Waals surface area (Å²) in [7, 11) is -3.52. The van der Waals surface area contributed by atoms with Crippen molar-refractivity contribution in [3.05, 3.63) is 63.2 Å². The number of benzene rings is 2. The lowest BCUT2D eigenvalue weighted by Gasteiger charge is -2.33. The van der Waals surface area contributed by atoms with Crippen molar-refractivity contribution in [2.24, 2.45) is 0 Å². The molecule has 4 rings (SSSR count). The van der Waals surface area contributed by atoms with Crippen molar-refractivity contribution < 1.29 is 12.8 Å². The van der Waals surface area contributed by atoms with Crippen LogP contribution >= 0.6 is 38.9 Å². The van der Waals surface area contributed by atoms with E-state index in [0.29, 0.717) is 37.4 Å². The molecule has 0 N–H and O–H groups in total. The predicted octanol–water partition coefficient (Wildman–Crippen LogP) is 4.88. The lowest BCUT2D eigenvalue weighted by atomic mass is 10.2. The Morgan fingerprint density at radius 2 is 1.76 bits per heavy atom. The number of piperazine rings is 1. The molecule has 10 heteroatoms. The molecule has 1 aromatic heterocycles. The molecule has 0 amide bonds. The van der Waals surface area contributed by atoms with Gasteiger partial charge in [0.1, 0.15) is 5.82 Å². The van der Waals surface area contributed by atoms with E-state index in [1.165, 1.54) is 27.8 Å². The van der Waals surface area contributed by atoms with Crippen LogP contribution in [0.2, 0.25) is 5.02 Å². The molecule has 2 heterocycles. The smallest absolute Gasteiger partial charge is 0.243 e. The van der Waals surface area contributed by atoms with Gasteiger partial charge in [-0.3, -0.25) is 0 Å². The number of hydrogen-bond donors (Lipinski definition) is 0. The van der Waals surface area contributed by atoms with Crippen LogP contribution in [0.1, 0.15) is 0 Å². The fraction of sp³-hybridized carbons (Fsp3) is 0.211. The van der Waals surface area contributed by atoms with Crippen molar-refractivity contribution in [1.82, 2.24) is 9.29 Å². The van der Waals surface area contributed by atoms with Gasteiger partial charge in [0.15, 0.2) is 5.13 Å². The molecule has 3 aromatic rings. The van der Waals surface area contributed by atoms with Gasteiger partial charge < -0.3 is 4.90 Å². The molecular weight excluding hydrogens is 501 g/mol. The third kappa shape index (κ3) is 4.34. The van der Waals surface area contributed by atoms with E-state index < -0.39 is 15.8 Å². The van der Waals surface area contributed by atoms with Gasteiger partial charge in [0.05, 0.1) is 15.6 Å². The summed E-state index contributed by atoms with van der Waals surface area (Å²) >= 11 is 10.5. The maximum atomic E-state index is 13.7. The van der Waals surface area contributed by atoms with Gasteiger partial charge in [-0.05, 0) is 36.4 Å². The lowest BCUT2D eigenvalue weighted by molar-refractivity contribution is 0.385. The van der Waals surface area contributed by atoms with Crippen molar-refractivity contribution in [3.63, 3.8) is 0 Å².